The number of amides is 2. The van der Waals surface area contributed by atoms with Gasteiger partial charge in [-0.15, -0.1) is 0 Å². The molecule has 1 saturated heterocycles. The molecule has 1 aliphatic heterocycles. The van der Waals surface area contributed by atoms with Gasteiger partial charge in [-0.1, -0.05) is 18.2 Å². The van der Waals surface area contributed by atoms with Gasteiger partial charge in [0.2, 0.25) is 0 Å². The summed E-state index contributed by atoms with van der Waals surface area (Å²) in [6.45, 7) is 2.36. The van der Waals surface area contributed by atoms with Gasteiger partial charge in [-0.25, -0.2) is 4.79 Å². The van der Waals surface area contributed by atoms with Crippen molar-refractivity contribution in [2.24, 2.45) is 0 Å². The van der Waals surface area contributed by atoms with Crippen LogP contribution < -0.4 is 5.32 Å². The number of benzene rings is 1. The smallest absolute Gasteiger partial charge is 0.322 e. The summed E-state index contributed by atoms with van der Waals surface area (Å²) < 4.78 is 10.9. The first-order chi connectivity index (χ1) is 11.8. The molecular formula is C18H22N2O3S. The number of para-hydroxylation sites is 1. The number of thiophene rings is 1. The molecule has 1 N–H and O–H groups in total. The number of carbonyl (C=O) groups excluding carboxylic acids is 1. The largest absolute Gasteiger partial charge is 0.384 e. The normalized spacial score (nSPS) is 17.7. The molecule has 0 spiro atoms. The Bertz CT molecular complexity index is 660. The second kappa shape index (κ2) is 8.28. The van der Waals surface area contributed by atoms with Crippen LogP contribution in [0.3, 0.4) is 0 Å². The molecule has 1 aromatic heterocycles. The lowest BCUT2D eigenvalue weighted by atomic mass is 10.1. The predicted molar refractivity (Wildman–Crippen MR) is 95.6 cm³/mol. The molecule has 1 fully saturated rings. The SMILES string of the molecule is COCCc1ccccc1NC(=O)N1CCOC(c2ccsc2)C1. The molecule has 1 atom stereocenters. The summed E-state index contributed by atoms with van der Waals surface area (Å²) in [4.78, 5) is 14.5. The van der Waals surface area contributed by atoms with Crippen LogP contribution in [0.1, 0.15) is 17.2 Å². The van der Waals surface area contributed by atoms with Gasteiger partial charge in [0.05, 0.1) is 19.8 Å². The fourth-order valence-electron chi connectivity index (χ4n) is 2.76. The number of hydrogen-bond acceptors (Lipinski definition) is 4. The molecule has 1 aromatic carbocycles. The maximum atomic E-state index is 12.6. The number of anilines is 1. The van der Waals surface area contributed by atoms with E-state index in [0.717, 1.165) is 23.2 Å². The minimum Gasteiger partial charge on any atom is -0.384 e. The number of nitrogens with zero attached hydrogens (tertiary/aromatic N) is 1. The number of urea groups is 1. The highest BCUT2D eigenvalue weighted by atomic mass is 32.1. The molecule has 128 valence electrons. The van der Waals surface area contributed by atoms with Crippen molar-refractivity contribution in [1.82, 2.24) is 4.90 Å². The summed E-state index contributed by atoms with van der Waals surface area (Å²) in [5.41, 5.74) is 3.06. The van der Waals surface area contributed by atoms with Crippen LogP contribution in [0.25, 0.3) is 0 Å². The molecule has 0 bridgehead atoms. The fourth-order valence-corrected chi connectivity index (χ4v) is 3.46. The third kappa shape index (κ3) is 4.14. The number of rotatable bonds is 5. The summed E-state index contributed by atoms with van der Waals surface area (Å²) >= 11 is 1.64. The van der Waals surface area contributed by atoms with Crippen LogP contribution in [0.5, 0.6) is 0 Å². The molecule has 24 heavy (non-hydrogen) atoms. The maximum Gasteiger partial charge on any atom is 0.322 e. The van der Waals surface area contributed by atoms with Crippen molar-refractivity contribution in [1.29, 1.82) is 0 Å². The Morgan fingerprint density at radius 2 is 2.29 bits per heavy atom. The van der Waals surface area contributed by atoms with E-state index in [0.29, 0.717) is 26.3 Å². The standard InChI is InChI=1S/C18H22N2O3S/c1-22-9-6-14-4-2-3-5-16(14)19-18(21)20-8-10-23-17(12-20)15-7-11-24-13-15/h2-5,7,11,13,17H,6,8-10,12H2,1H3,(H,19,21). The lowest BCUT2D eigenvalue weighted by Gasteiger charge is -2.33. The molecule has 1 unspecified atom stereocenters. The van der Waals surface area contributed by atoms with Crippen molar-refractivity contribution in [3.05, 3.63) is 52.2 Å². The molecule has 6 heteroatoms. The van der Waals surface area contributed by atoms with Gasteiger partial charge in [-0.3, -0.25) is 0 Å². The van der Waals surface area contributed by atoms with E-state index in [4.69, 9.17) is 9.47 Å². The number of hydrogen-bond donors (Lipinski definition) is 1. The summed E-state index contributed by atoms with van der Waals surface area (Å²) in [5.74, 6) is 0. The van der Waals surface area contributed by atoms with E-state index in [9.17, 15) is 4.79 Å². The Morgan fingerprint density at radius 3 is 3.08 bits per heavy atom. The average Bonchev–Trinajstić information content (AvgIpc) is 3.16. The molecule has 5 nitrogen and oxygen atoms in total. The number of ether oxygens (including phenoxy) is 2. The molecule has 2 heterocycles. The molecule has 0 saturated carbocycles. The average molecular weight is 346 g/mol. The van der Waals surface area contributed by atoms with Gasteiger partial charge in [0.25, 0.3) is 0 Å². The van der Waals surface area contributed by atoms with Crippen LogP contribution in [-0.2, 0) is 15.9 Å². The summed E-state index contributed by atoms with van der Waals surface area (Å²) in [6, 6.07) is 9.82. The van der Waals surface area contributed by atoms with Gasteiger partial charge in [0.15, 0.2) is 0 Å². The summed E-state index contributed by atoms with van der Waals surface area (Å²) in [5, 5.41) is 7.14. The highest BCUT2D eigenvalue weighted by molar-refractivity contribution is 7.07. The molecule has 0 radical (unpaired) electrons. The second-order valence-corrected chi connectivity index (χ2v) is 6.47. The van der Waals surface area contributed by atoms with E-state index >= 15 is 0 Å². The van der Waals surface area contributed by atoms with Crippen molar-refractivity contribution in [2.45, 2.75) is 12.5 Å². The zero-order valence-electron chi connectivity index (χ0n) is 13.7. The first-order valence-corrected chi connectivity index (χ1v) is 8.98. The van der Waals surface area contributed by atoms with Crippen LogP contribution in [0, 0.1) is 0 Å². The van der Waals surface area contributed by atoms with E-state index in [-0.39, 0.29) is 12.1 Å². The van der Waals surface area contributed by atoms with E-state index in [2.05, 4.69) is 16.8 Å². The molecule has 1 aliphatic rings. The van der Waals surface area contributed by atoms with E-state index in [1.165, 1.54) is 0 Å². The number of carbonyl (C=O) groups is 1. The van der Waals surface area contributed by atoms with Crippen LogP contribution in [0.15, 0.2) is 41.1 Å². The lowest BCUT2D eigenvalue weighted by Crippen LogP contribution is -2.44. The Morgan fingerprint density at radius 1 is 1.42 bits per heavy atom. The molecule has 0 aliphatic carbocycles. The molecule has 2 amide bonds. The van der Waals surface area contributed by atoms with E-state index in [1.807, 2.05) is 34.5 Å². The Labute approximate surface area is 146 Å². The van der Waals surface area contributed by atoms with Crippen LogP contribution in [0.4, 0.5) is 10.5 Å². The number of nitrogens with one attached hydrogen (secondary N) is 1. The van der Waals surface area contributed by atoms with Crippen LogP contribution in [0.2, 0.25) is 0 Å². The fraction of sp³-hybridized carbons (Fsp3) is 0.389. The van der Waals surface area contributed by atoms with Gasteiger partial charge >= 0.3 is 6.03 Å². The molecule has 2 aromatic rings. The molecule has 3 rings (SSSR count). The van der Waals surface area contributed by atoms with Gasteiger partial charge in [-0.2, -0.15) is 11.3 Å². The second-order valence-electron chi connectivity index (χ2n) is 5.69. The topological polar surface area (TPSA) is 50.8 Å². The van der Waals surface area contributed by atoms with Crippen molar-refractivity contribution in [3.63, 3.8) is 0 Å². The van der Waals surface area contributed by atoms with Gasteiger partial charge in [0, 0.05) is 19.3 Å². The van der Waals surface area contributed by atoms with Gasteiger partial charge in [-0.05, 0) is 40.4 Å². The van der Waals surface area contributed by atoms with Crippen molar-refractivity contribution in [2.75, 3.05) is 38.7 Å². The first-order valence-electron chi connectivity index (χ1n) is 8.04. The summed E-state index contributed by atoms with van der Waals surface area (Å²) in [6.07, 6.45) is 0.729. The van der Waals surface area contributed by atoms with E-state index < -0.39 is 0 Å². The maximum absolute atomic E-state index is 12.6. The van der Waals surface area contributed by atoms with Gasteiger partial charge in [0.1, 0.15) is 6.10 Å². The first kappa shape index (κ1) is 17.0. The van der Waals surface area contributed by atoms with Crippen molar-refractivity contribution in [3.8, 4) is 0 Å². The quantitative estimate of drug-likeness (QED) is 0.901. The monoisotopic (exact) mass is 346 g/mol. The highest BCUT2D eigenvalue weighted by Crippen LogP contribution is 2.25. The third-order valence-corrected chi connectivity index (χ3v) is 4.80. The minimum absolute atomic E-state index is 0.0421. The Balaban J connectivity index is 1.64. The summed E-state index contributed by atoms with van der Waals surface area (Å²) in [7, 11) is 1.68. The lowest BCUT2D eigenvalue weighted by molar-refractivity contribution is -0.0132. The predicted octanol–water partition coefficient (Wildman–Crippen LogP) is 3.54. The van der Waals surface area contributed by atoms with E-state index in [1.54, 1.807) is 18.4 Å². The third-order valence-electron chi connectivity index (χ3n) is 4.10. The zero-order valence-corrected chi connectivity index (χ0v) is 14.6. The zero-order chi connectivity index (χ0) is 16.8. The Kier molecular flexibility index (Phi) is 5.85. The van der Waals surface area contributed by atoms with Crippen LogP contribution in [-0.4, -0.2) is 44.3 Å². The number of morpholine rings is 1. The highest BCUT2D eigenvalue weighted by Gasteiger charge is 2.26. The number of methoxy groups -OCH3 is 1. The van der Waals surface area contributed by atoms with Crippen LogP contribution >= 0.6 is 11.3 Å². The van der Waals surface area contributed by atoms with Crippen molar-refractivity contribution >= 4 is 23.1 Å². The molecular weight excluding hydrogens is 324 g/mol. The van der Waals surface area contributed by atoms with Gasteiger partial charge < -0.3 is 19.7 Å². The Hall–Kier alpha value is -1.89. The van der Waals surface area contributed by atoms with Crippen molar-refractivity contribution < 1.29 is 14.3 Å². The minimum atomic E-state index is -0.0802.